The number of nitrogens with zero attached hydrogens (tertiary/aromatic N) is 3. The van der Waals surface area contributed by atoms with Crippen molar-refractivity contribution in [2.24, 2.45) is 0 Å². The summed E-state index contributed by atoms with van der Waals surface area (Å²) in [6, 6.07) is 42.5. The minimum Gasteiger partial charge on any atom is -0.350 e. The van der Waals surface area contributed by atoms with Crippen molar-refractivity contribution in [2.75, 3.05) is 0 Å². The molecule has 4 heteroatoms. The zero-order valence-electron chi connectivity index (χ0n) is 24.6. The predicted molar refractivity (Wildman–Crippen MR) is 175 cm³/mol. The fourth-order valence-electron chi connectivity index (χ4n) is 5.74. The Balaban J connectivity index is 0.000000199. The van der Waals surface area contributed by atoms with Crippen LogP contribution in [-0.4, -0.2) is 14.4 Å². The van der Waals surface area contributed by atoms with Crippen molar-refractivity contribution in [1.29, 1.82) is 0 Å². The van der Waals surface area contributed by atoms with Gasteiger partial charge < -0.3 is 14.4 Å². The molecule has 8 aromatic rings. The second-order valence-corrected chi connectivity index (χ2v) is 11.9. The van der Waals surface area contributed by atoms with Crippen LogP contribution in [0.5, 0.6) is 0 Å². The molecular formula is C39H31IrN3-2. The molecule has 1 radical (unpaired) electrons. The van der Waals surface area contributed by atoms with Crippen LogP contribution < -0.4 is 0 Å². The van der Waals surface area contributed by atoms with Crippen molar-refractivity contribution >= 4 is 38.1 Å². The number of fused-ring (bicyclic) bond motifs is 6. The summed E-state index contributed by atoms with van der Waals surface area (Å²) < 4.78 is 2.38. The van der Waals surface area contributed by atoms with Crippen LogP contribution in [-0.2, 0) is 25.5 Å². The Labute approximate surface area is 265 Å². The molecule has 4 aromatic heterocycles. The van der Waals surface area contributed by atoms with Gasteiger partial charge in [-0.1, -0.05) is 80.8 Å². The molecule has 213 valence electrons. The predicted octanol–water partition coefficient (Wildman–Crippen LogP) is 9.85. The number of rotatable bonds is 2. The van der Waals surface area contributed by atoms with Crippen molar-refractivity contribution in [2.45, 2.75) is 33.1 Å². The molecule has 0 atom stereocenters. The molecule has 8 rings (SSSR count). The fourth-order valence-corrected chi connectivity index (χ4v) is 5.74. The topological polar surface area (TPSA) is 30.2 Å². The number of benzene rings is 4. The first-order valence-electron chi connectivity index (χ1n) is 14.3. The number of hydrogen-bond acceptors (Lipinski definition) is 2. The molecule has 0 aliphatic rings. The first-order valence-corrected chi connectivity index (χ1v) is 14.3. The van der Waals surface area contributed by atoms with E-state index >= 15 is 0 Å². The number of pyridine rings is 2. The Morgan fingerprint density at radius 1 is 0.651 bits per heavy atom. The third-order valence-electron chi connectivity index (χ3n) is 7.95. The zero-order chi connectivity index (χ0) is 28.8. The molecule has 0 aliphatic carbocycles. The summed E-state index contributed by atoms with van der Waals surface area (Å²) in [5.74, 6) is 0. The Morgan fingerprint density at radius 3 is 2.16 bits per heavy atom. The number of hydrogen-bond donors (Lipinski definition) is 0. The van der Waals surface area contributed by atoms with E-state index in [1.807, 2.05) is 49.6 Å². The van der Waals surface area contributed by atoms with Gasteiger partial charge in [0.05, 0.1) is 5.52 Å². The van der Waals surface area contributed by atoms with Gasteiger partial charge in [-0.05, 0) is 57.9 Å². The third-order valence-corrected chi connectivity index (χ3v) is 7.95. The van der Waals surface area contributed by atoms with Gasteiger partial charge in [-0.3, -0.25) is 0 Å². The van der Waals surface area contributed by atoms with Crippen molar-refractivity contribution in [3.05, 3.63) is 139 Å². The van der Waals surface area contributed by atoms with E-state index in [1.165, 1.54) is 49.2 Å². The SMILES string of the molecule is CC(C)(C)c1ccnc(-c2[c-]cc3c(c2)c2cccc4c5ccccc5n3c24)c1.Cc1ccc(-c2[c-]cccc2)nc1.[Ir]. The molecule has 0 unspecified atom stereocenters. The molecule has 0 saturated carbocycles. The maximum atomic E-state index is 4.65. The molecule has 0 bridgehead atoms. The maximum Gasteiger partial charge on any atom is 0.0516 e. The summed E-state index contributed by atoms with van der Waals surface area (Å²) in [5.41, 5.74) is 10.4. The second kappa shape index (κ2) is 11.4. The van der Waals surface area contributed by atoms with E-state index in [0.29, 0.717) is 0 Å². The Kier molecular flexibility index (Phi) is 7.60. The smallest absolute Gasteiger partial charge is 0.0516 e. The molecule has 4 aromatic carbocycles. The van der Waals surface area contributed by atoms with Gasteiger partial charge in [-0.15, -0.1) is 59.7 Å². The van der Waals surface area contributed by atoms with Crippen molar-refractivity contribution < 1.29 is 20.1 Å². The molecule has 0 N–H and O–H groups in total. The summed E-state index contributed by atoms with van der Waals surface area (Å²) in [4.78, 5) is 8.96. The van der Waals surface area contributed by atoms with Crippen molar-refractivity contribution in [3.8, 4) is 22.5 Å². The fraction of sp³-hybridized carbons (Fsp3) is 0.128. The van der Waals surface area contributed by atoms with E-state index in [4.69, 9.17) is 0 Å². The first-order chi connectivity index (χ1) is 20.4. The van der Waals surface area contributed by atoms with E-state index in [1.54, 1.807) is 0 Å². The second-order valence-electron chi connectivity index (χ2n) is 11.9. The van der Waals surface area contributed by atoms with Gasteiger partial charge in [0.15, 0.2) is 0 Å². The molecule has 3 nitrogen and oxygen atoms in total. The molecular weight excluding hydrogens is 703 g/mol. The van der Waals surface area contributed by atoms with Crippen LogP contribution >= 0.6 is 0 Å². The molecule has 0 saturated heterocycles. The first kappa shape index (κ1) is 28.7. The zero-order valence-corrected chi connectivity index (χ0v) is 27.0. The Hall–Kier alpha value is -4.37. The quantitative estimate of drug-likeness (QED) is 0.166. The van der Waals surface area contributed by atoms with Crippen LogP contribution in [0, 0.1) is 19.1 Å². The molecule has 0 spiro atoms. The Bertz CT molecular complexity index is 2170. The third kappa shape index (κ3) is 5.22. The van der Waals surface area contributed by atoms with Crippen LogP contribution in [0.1, 0.15) is 31.9 Å². The molecule has 0 aliphatic heterocycles. The summed E-state index contributed by atoms with van der Waals surface area (Å²) in [5, 5.41) is 5.16. The molecule has 43 heavy (non-hydrogen) atoms. The van der Waals surface area contributed by atoms with Crippen LogP contribution in [0.25, 0.3) is 60.6 Å². The van der Waals surface area contributed by atoms with Crippen LogP contribution in [0.3, 0.4) is 0 Å². The van der Waals surface area contributed by atoms with Gasteiger partial charge in [0.2, 0.25) is 0 Å². The normalized spacial score (nSPS) is 11.5. The Morgan fingerprint density at radius 2 is 1.42 bits per heavy atom. The monoisotopic (exact) mass is 734 g/mol. The van der Waals surface area contributed by atoms with E-state index in [-0.39, 0.29) is 25.5 Å². The molecule has 0 fully saturated rings. The summed E-state index contributed by atoms with van der Waals surface area (Å²) in [6.45, 7) is 8.73. The molecule has 0 amide bonds. The largest absolute Gasteiger partial charge is 0.350 e. The number of aromatic nitrogens is 3. The average Bonchev–Trinajstić information content (AvgIpc) is 3.54. The van der Waals surface area contributed by atoms with Gasteiger partial charge in [-0.2, -0.15) is 0 Å². The van der Waals surface area contributed by atoms with Crippen LogP contribution in [0.4, 0.5) is 0 Å². The maximum absolute atomic E-state index is 4.65. The summed E-state index contributed by atoms with van der Waals surface area (Å²) in [6.07, 6.45) is 3.78. The average molecular weight is 734 g/mol. The van der Waals surface area contributed by atoms with Gasteiger partial charge in [0, 0.05) is 48.8 Å². The van der Waals surface area contributed by atoms with E-state index < -0.39 is 0 Å². The van der Waals surface area contributed by atoms with Gasteiger partial charge in [0.25, 0.3) is 0 Å². The van der Waals surface area contributed by atoms with E-state index in [2.05, 4.69) is 120 Å². The minimum atomic E-state index is 0. The van der Waals surface area contributed by atoms with Crippen molar-refractivity contribution in [1.82, 2.24) is 14.4 Å². The summed E-state index contributed by atoms with van der Waals surface area (Å²) in [7, 11) is 0. The van der Waals surface area contributed by atoms with Gasteiger partial charge >= 0.3 is 0 Å². The van der Waals surface area contributed by atoms with Crippen LogP contribution in [0.2, 0.25) is 0 Å². The summed E-state index contributed by atoms with van der Waals surface area (Å²) >= 11 is 0. The van der Waals surface area contributed by atoms with Gasteiger partial charge in [-0.25, -0.2) is 0 Å². The number of para-hydroxylation sites is 2. The molecule has 4 heterocycles. The van der Waals surface area contributed by atoms with Crippen LogP contribution in [0.15, 0.2) is 116 Å². The van der Waals surface area contributed by atoms with E-state index in [0.717, 1.165) is 22.5 Å². The van der Waals surface area contributed by atoms with Gasteiger partial charge in [0.1, 0.15) is 0 Å². The van der Waals surface area contributed by atoms with E-state index in [9.17, 15) is 0 Å². The standard InChI is InChI=1S/C27H21N2.C12H10N.Ir/c1-27(2,3)18-13-14-28-23(16-18)17-11-12-25-22(15-17)21-9-6-8-20-19-7-4-5-10-24(19)29(25)26(20)21;1-10-7-8-12(13-9-10)11-5-3-2-4-6-11;/h4-10,12-16H,1-3H3;2-5,7-9H,1H3;/q2*-1;. The van der Waals surface area contributed by atoms with Crippen molar-refractivity contribution in [3.63, 3.8) is 0 Å². The minimum absolute atomic E-state index is 0. The number of aryl methyl sites for hydroxylation is 1.